The summed E-state index contributed by atoms with van der Waals surface area (Å²) in [6.07, 6.45) is 0. The Morgan fingerprint density at radius 2 is 0.810 bits per heavy atom. The molecule has 0 saturated carbocycles. The minimum absolute atomic E-state index is 0.210. The standard InChI is InChI=1S/C57H41N/c1-57(2)53-36-42(39-18-7-4-8-19-39)30-34-48(53)49-35-33-44(37-54(49)57)58(43-31-28-40(29-32-43)38-16-5-3-6-17-38)56-52-26-14-12-24-47(52)46-23-11-13-25-51(46)55(56)50-27-15-21-41-20-9-10-22-45(41)50/h3-37H,1-2H3. The molecule has 0 N–H and O–H groups in total. The first-order valence-corrected chi connectivity index (χ1v) is 20.3. The molecule has 1 heteroatoms. The van der Waals surface area contributed by atoms with Crippen LogP contribution in [-0.4, -0.2) is 0 Å². The highest BCUT2D eigenvalue weighted by molar-refractivity contribution is 6.24. The van der Waals surface area contributed by atoms with Crippen molar-refractivity contribution in [3.05, 3.63) is 223 Å². The molecule has 10 aromatic carbocycles. The zero-order valence-electron chi connectivity index (χ0n) is 32.7. The zero-order valence-corrected chi connectivity index (χ0v) is 32.7. The number of fused-ring (bicyclic) bond motifs is 7. The maximum absolute atomic E-state index is 2.54. The number of hydrogen-bond donors (Lipinski definition) is 0. The van der Waals surface area contributed by atoms with Crippen LogP contribution in [0.4, 0.5) is 17.1 Å². The minimum atomic E-state index is -0.210. The van der Waals surface area contributed by atoms with Gasteiger partial charge in [-0.05, 0) is 107 Å². The SMILES string of the molecule is CC1(C)c2cc(-c3ccccc3)ccc2-c2ccc(N(c3ccc(-c4ccccc4)cc3)c3c(-c4cccc5ccccc45)c4ccccc4c4ccccc34)cc21. The molecule has 0 unspecified atom stereocenters. The summed E-state index contributed by atoms with van der Waals surface area (Å²) in [7, 11) is 0. The predicted octanol–water partition coefficient (Wildman–Crippen LogP) is 15.9. The topological polar surface area (TPSA) is 3.24 Å². The highest BCUT2D eigenvalue weighted by Crippen LogP contribution is 2.54. The number of benzene rings is 10. The van der Waals surface area contributed by atoms with Crippen molar-refractivity contribution < 1.29 is 0 Å². The van der Waals surface area contributed by atoms with E-state index in [1.807, 2.05) is 0 Å². The predicted molar refractivity (Wildman–Crippen MR) is 248 cm³/mol. The van der Waals surface area contributed by atoms with Gasteiger partial charge >= 0.3 is 0 Å². The van der Waals surface area contributed by atoms with Crippen LogP contribution < -0.4 is 4.90 Å². The Bertz CT molecular complexity index is 3170. The molecule has 0 aliphatic heterocycles. The van der Waals surface area contributed by atoms with Gasteiger partial charge in [-0.1, -0.05) is 196 Å². The van der Waals surface area contributed by atoms with Crippen LogP contribution in [0.15, 0.2) is 212 Å². The average Bonchev–Trinajstić information content (AvgIpc) is 3.51. The second-order valence-corrected chi connectivity index (χ2v) is 16.1. The molecule has 274 valence electrons. The van der Waals surface area contributed by atoms with Crippen LogP contribution >= 0.6 is 0 Å². The first kappa shape index (κ1) is 34.1. The number of anilines is 3. The number of hydrogen-bond acceptors (Lipinski definition) is 1. The lowest BCUT2D eigenvalue weighted by molar-refractivity contribution is 0.660. The third-order valence-corrected chi connectivity index (χ3v) is 12.4. The molecule has 1 aliphatic rings. The highest BCUT2D eigenvalue weighted by atomic mass is 15.1. The van der Waals surface area contributed by atoms with Crippen LogP contribution in [0.3, 0.4) is 0 Å². The van der Waals surface area contributed by atoms with Crippen LogP contribution in [0.2, 0.25) is 0 Å². The molecular weight excluding hydrogens is 699 g/mol. The van der Waals surface area contributed by atoms with Crippen molar-refractivity contribution in [1.29, 1.82) is 0 Å². The van der Waals surface area contributed by atoms with Crippen molar-refractivity contribution >= 4 is 49.4 Å². The Hall–Kier alpha value is -7.22. The van der Waals surface area contributed by atoms with Crippen molar-refractivity contribution in [3.63, 3.8) is 0 Å². The van der Waals surface area contributed by atoms with Crippen molar-refractivity contribution in [1.82, 2.24) is 0 Å². The largest absolute Gasteiger partial charge is 0.309 e. The van der Waals surface area contributed by atoms with E-state index in [1.165, 1.54) is 93.6 Å². The molecule has 58 heavy (non-hydrogen) atoms. The summed E-state index contributed by atoms with van der Waals surface area (Å²) in [4.78, 5) is 2.54. The summed E-state index contributed by atoms with van der Waals surface area (Å²) in [6, 6.07) is 78.3. The fourth-order valence-corrected chi connectivity index (χ4v) is 9.59. The maximum atomic E-state index is 2.54. The Morgan fingerprint density at radius 3 is 1.52 bits per heavy atom. The van der Waals surface area contributed by atoms with E-state index in [1.54, 1.807) is 0 Å². The first-order valence-electron chi connectivity index (χ1n) is 20.3. The lowest BCUT2D eigenvalue weighted by atomic mass is 9.81. The Kier molecular flexibility index (Phi) is 7.91. The summed E-state index contributed by atoms with van der Waals surface area (Å²) in [5.41, 5.74) is 15.9. The number of nitrogens with zero attached hydrogens (tertiary/aromatic N) is 1. The van der Waals surface area contributed by atoms with Gasteiger partial charge in [0.25, 0.3) is 0 Å². The molecule has 1 aliphatic carbocycles. The fourth-order valence-electron chi connectivity index (χ4n) is 9.59. The first-order chi connectivity index (χ1) is 28.5. The summed E-state index contributed by atoms with van der Waals surface area (Å²) in [6.45, 7) is 4.78. The minimum Gasteiger partial charge on any atom is -0.309 e. The van der Waals surface area contributed by atoms with Gasteiger partial charge in [0.15, 0.2) is 0 Å². The number of rotatable bonds is 6. The second-order valence-electron chi connectivity index (χ2n) is 16.1. The second kappa shape index (κ2) is 13.5. The van der Waals surface area contributed by atoms with Crippen LogP contribution in [0.5, 0.6) is 0 Å². The quantitative estimate of drug-likeness (QED) is 0.154. The highest BCUT2D eigenvalue weighted by Gasteiger charge is 2.37. The van der Waals surface area contributed by atoms with Crippen molar-refractivity contribution in [3.8, 4) is 44.5 Å². The van der Waals surface area contributed by atoms with Crippen LogP contribution in [0.25, 0.3) is 76.8 Å². The van der Waals surface area contributed by atoms with E-state index in [-0.39, 0.29) is 5.41 Å². The molecule has 0 saturated heterocycles. The van der Waals surface area contributed by atoms with Gasteiger partial charge in [0.1, 0.15) is 0 Å². The molecule has 0 aromatic heterocycles. The molecule has 0 heterocycles. The third-order valence-electron chi connectivity index (χ3n) is 12.4. The van der Waals surface area contributed by atoms with Crippen molar-refractivity contribution in [2.75, 3.05) is 4.90 Å². The van der Waals surface area contributed by atoms with E-state index in [4.69, 9.17) is 0 Å². The van der Waals surface area contributed by atoms with Crippen LogP contribution in [0, 0.1) is 0 Å². The van der Waals surface area contributed by atoms with E-state index in [0.29, 0.717) is 0 Å². The zero-order chi connectivity index (χ0) is 38.8. The van der Waals surface area contributed by atoms with Gasteiger partial charge in [-0.3, -0.25) is 0 Å². The molecule has 11 rings (SSSR count). The van der Waals surface area contributed by atoms with Gasteiger partial charge in [-0.15, -0.1) is 0 Å². The van der Waals surface area contributed by atoms with Gasteiger partial charge in [-0.2, -0.15) is 0 Å². The molecule has 0 fully saturated rings. The summed E-state index contributed by atoms with van der Waals surface area (Å²) in [5.74, 6) is 0. The van der Waals surface area contributed by atoms with E-state index >= 15 is 0 Å². The lowest BCUT2D eigenvalue weighted by Gasteiger charge is -2.32. The molecule has 0 radical (unpaired) electrons. The smallest absolute Gasteiger partial charge is 0.0625 e. The van der Waals surface area contributed by atoms with E-state index in [9.17, 15) is 0 Å². The normalized spacial score (nSPS) is 12.8. The molecule has 0 bridgehead atoms. The third kappa shape index (κ3) is 5.39. The van der Waals surface area contributed by atoms with E-state index in [0.717, 1.165) is 11.4 Å². The van der Waals surface area contributed by atoms with Gasteiger partial charge in [-0.25, -0.2) is 0 Å². The van der Waals surface area contributed by atoms with E-state index < -0.39 is 0 Å². The van der Waals surface area contributed by atoms with Gasteiger partial charge < -0.3 is 4.90 Å². The van der Waals surface area contributed by atoms with Crippen LogP contribution in [0.1, 0.15) is 25.0 Å². The summed E-state index contributed by atoms with van der Waals surface area (Å²) in [5, 5.41) is 7.42. The van der Waals surface area contributed by atoms with Crippen LogP contribution in [-0.2, 0) is 5.41 Å². The fraction of sp³-hybridized carbons (Fsp3) is 0.0526. The molecule has 10 aromatic rings. The Balaban J connectivity index is 1.20. The molecule has 0 atom stereocenters. The monoisotopic (exact) mass is 739 g/mol. The van der Waals surface area contributed by atoms with Gasteiger partial charge in [0, 0.05) is 27.7 Å². The lowest BCUT2D eigenvalue weighted by Crippen LogP contribution is -2.17. The van der Waals surface area contributed by atoms with E-state index in [2.05, 4.69) is 231 Å². The Labute approximate surface area is 340 Å². The molecule has 0 spiro atoms. The summed E-state index contributed by atoms with van der Waals surface area (Å²) < 4.78 is 0. The molecule has 1 nitrogen and oxygen atoms in total. The Morgan fingerprint density at radius 1 is 0.328 bits per heavy atom. The average molecular weight is 740 g/mol. The van der Waals surface area contributed by atoms with Gasteiger partial charge in [0.2, 0.25) is 0 Å². The molecule has 0 amide bonds. The van der Waals surface area contributed by atoms with Crippen molar-refractivity contribution in [2.45, 2.75) is 19.3 Å². The van der Waals surface area contributed by atoms with Gasteiger partial charge in [0.05, 0.1) is 5.69 Å². The van der Waals surface area contributed by atoms with Crippen molar-refractivity contribution in [2.24, 2.45) is 0 Å². The molecular formula is C57H41N. The maximum Gasteiger partial charge on any atom is 0.0625 e. The summed E-state index contributed by atoms with van der Waals surface area (Å²) >= 11 is 0.